The van der Waals surface area contributed by atoms with E-state index >= 15 is 0 Å². The standard InChI is InChI=1S/C16H13Cl2N3O3/c17-11-7-5-10(6-8-11)15(23)21-20-14(22)9-19-16(24)12-3-1-2-4-13(12)18/h1-8H,9H2,(H,19,24)(H,20,22)(H,21,23). The highest BCUT2D eigenvalue weighted by atomic mass is 35.5. The SMILES string of the molecule is O=C(CNC(=O)c1ccccc1Cl)NNC(=O)c1ccc(Cl)cc1. The fourth-order valence-electron chi connectivity index (χ4n) is 1.75. The Balaban J connectivity index is 1.79. The highest BCUT2D eigenvalue weighted by Crippen LogP contribution is 2.14. The van der Waals surface area contributed by atoms with Gasteiger partial charge in [-0.05, 0) is 36.4 Å². The molecule has 0 atom stereocenters. The first-order chi connectivity index (χ1) is 11.5. The molecule has 0 saturated heterocycles. The van der Waals surface area contributed by atoms with Gasteiger partial charge in [0.2, 0.25) is 0 Å². The van der Waals surface area contributed by atoms with Gasteiger partial charge in [0.1, 0.15) is 0 Å². The summed E-state index contributed by atoms with van der Waals surface area (Å²) in [6.45, 7) is -0.315. The first-order valence-electron chi connectivity index (χ1n) is 6.85. The van der Waals surface area contributed by atoms with Crippen LogP contribution in [0.2, 0.25) is 10.0 Å². The minimum atomic E-state index is -0.585. The van der Waals surface area contributed by atoms with Gasteiger partial charge in [0.15, 0.2) is 0 Å². The van der Waals surface area contributed by atoms with Crippen LogP contribution < -0.4 is 16.2 Å². The van der Waals surface area contributed by atoms with Gasteiger partial charge in [0.25, 0.3) is 17.7 Å². The largest absolute Gasteiger partial charge is 0.343 e. The molecule has 24 heavy (non-hydrogen) atoms. The fraction of sp³-hybridized carbons (Fsp3) is 0.0625. The number of hydrogen-bond acceptors (Lipinski definition) is 3. The Hall–Kier alpha value is -2.57. The van der Waals surface area contributed by atoms with Crippen LogP contribution in [-0.2, 0) is 4.79 Å². The number of rotatable bonds is 4. The van der Waals surface area contributed by atoms with Crippen molar-refractivity contribution in [1.82, 2.24) is 16.2 Å². The van der Waals surface area contributed by atoms with Crippen molar-refractivity contribution in [3.05, 3.63) is 69.7 Å². The number of nitrogens with one attached hydrogen (secondary N) is 3. The zero-order valence-corrected chi connectivity index (χ0v) is 13.8. The van der Waals surface area contributed by atoms with Gasteiger partial charge >= 0.3 is 0 Å². The predicted octanol–water partition coefficient (Wildman–Crippen LogP) is 2.18. The number of halogens is 2. The van der Waals surface area contributed by atoms with Gasteiger partial charge in [0.05, 0.1) is 17.1 Å². The van der Waals surface area contributed by atoms with E-state index < -0.39 is 17.7 Å². The molecule has 124 valence electrons. The lowest BCUT2D eigenvalue weighted by Crippen LogP contribution is -2.46. The van der Waals surface area contributed by atoms with E-state index in [1.54, 1.807) is 30.3 Å². The molecule has 2 aromatic rings. The van der Waals surface area contributed by atoms with Crippen LogP contribution in [0, 0.1) is 0 Å². The van der Waals surface area contributed by atoms with Crippen LogP contribution >= 0.6 is 23.2 Å². The van der Waals surface area contributed by atoms with E-state index in [-0.39, 0.29) is 17.1 Å². The Kier molecular flexibility index (Phi) is 6.17. The zero-order chi connectivity index (χ0) is 17.5. The van der Waals surface area contributed by atoms with Crippen molar-refractivity contribution < 1.29 is 14.4 Å². The molecule has 0 aliphatic rings. The minimum absolute atomic E-state index is 0.261. The molecule has 3 N–H and O–H groups in total. The van der Waals surface area contributed by atoms with E-state index in [1.165, 1.54) is 18.2 Å². The Bertz CT molecular complexity index is 763. The van der Waals surface area contributed by atoms with Gasteiger partial charge in [-0.1, -0.05) is 35.3 Å². The molecule has 0 heterocycles. The summed E-state index contributed by atoms with van der Waals surface area (Å²) in [6, 6.07) is 12.6. The average Bonchev–Trinajstić information content (AvgIpc) is 2.58. The molecule has 8 heteroatoms. The van der Waals surface area contributed by atoms with Gasteiger partial charge in [0, 0.05) is 10.6 Å². The highest BCUT2D eigenvalue weighted by molar-refractivity contribution is 6.33. The fourth-order valence-corrected chi connectivity index (χ4v) is 2.09. The van der Waals surface area contributed by atoms with E-state index in [4.69, 9.17) is 23.2 Å². The maximum absolute atomic E-state index is 11.9. The molecular formula is C16H13Cl2N3O3. The first-order valence-corrected chi connectivity index (χ1v) is 7.60. The second-order valence-corrected chi connectivity index (χ2v) is 5.52. The van der Waals surface area contributed by atoms with E-state index in [9.17, 15) is 14.4 Å². The Morgan fingerprint density at radius 3 is 2.17 bits per heavy atom. The summed E-state index contributed by atoms with van der Waals surface area (Å²) in [7, 11) is 0. The predicted molar refractivity (Wildman–Crippen MR) is 90.8 cm³/mol. The quantitative estimate of drug-likeness (QED) is 0.725. The lowest BCUT2D eigenvalue weighted by Gasteiger charge is -2.09. The third-order valence-electron chi connectivity index (χ3n) is 2.95. The number of hydrazine groups is 1. The van der Waals surface area contributed by atoms with Crippen LogP contribution in [0.1, 0.15) is 20.7 Å². The minimum Gasteiger partial charge on any atom is -0.343 e. The Labute approximate surface area is 148 Å². The molecule has 0 radical (unpaired) electrons. The molecule has 0 unspecified atom stereocenters. The van der Waals surface area contributed by atoms with Crippen LogP contribution in [0.5, 0.6) is 0 Å². The molecule has 2 rings (SSSR count). The van der Waals surface area contributed by atoms with E-state index in [0.717, 1.165) is 0 Å². The summed E-state index contributed by atoms with van der Waals surface area (Å²) in [5.74, 6) is -1.57. The van der Waals surface area contributed by atoms with Crippen molar-refractivity contribution >= 4 is 40.9 Å². The summed E-state index contributed by atoms with van der Waals surface area (Å²) in [4.78, 5) is 35.3. The maximum Gasteiger partial charge on any atom is 0.269 e. The molecule has 3 amide bonds. The average molecular weight is 366 g/mol. The molecule has 2 aromatic carbocycles. The van der Waals surface area contributed by atoms with Gasteiger partial charge in [-0.3, -0.25) is 25.2 Å². The molecular weight excluding hydrogens is 353 g/mol. The molecule has 0 bridgehead atoms. The number of hydrogen-bond donors (Lipinski definition) is 3. The molecule has 0 fully saturated rings. The van der Waals surface area contributed by atoms with Crippen LogP contribution in [0.25, 0.3) is 0 Å². The smallest absolute Gasteiger partial charge is 0.269 e. The van der Waals surface area contributed by atoms with Gasteiger partial charge in [-0.15, -0.1) is 0 Å². The lowest BCUT2D eigenvalue weighted by molar-refractivity contribution is -0.120. The lowest BCUT2D eigenvalue weighted by atomic mass is 10.2. The Morgan fingerprint density at radius 1 is 0.833 bits per heavy atom. The molecule has 0 aromatic heterocycles. The van der Waals surface area contributed by atoms with E-state index in [2.05, 4.69) is 16.2 Å². The van der Waals surface area contributed by atoms with Crippen molar-refractivity contribution in [3.63, 3.8) is 0 Å². The Morgan fingerprint density at radius 2 is 1.50 bits per heavy atom. The third-order valence-corrected chi connectivity index (χ3v) is 3.53. The second kappa shape index (κ2) is 8.33. The van der Waals surface area contributed by atoms with Crippen LogP contribution in [0.4, 0.5) is 0 Å². The normalized spacial score (nSPS) is 9.92. The molecule has 6 nitrogen and oxygen atoms in total. The number of benzene rings is 2. The second-order valence-electron chi connectivity index (χ2n) is 4.67. The molecule has 0 saturated carbocycles. The summed E-state index contributed by atoms with van der Waals surface area (Å²) < 4.78 is 0. The summed E-state index contributed by atoms with van der Waals surface area (Å²) in [5.41, 5.74) is 5.03. The van der Waals surface area contributed by atoms with Gasteiger partial charge < -0.3 is 5.32 Å². The van der Waals surface area contributed by atoms with Crippen molar-refractivity contribution in [2.75, 3.05) is 6.54 Å². The number of amides is 3. The van der Waals surface area contributed by atoms with Crippen molar-refractivity contribution in [2.24, 2.45) is 0 Å². The highest BCUT2D eigenvalue weighted by Gasteiger charge is 2.12. The van der Waals surface area contributed by atoms with Crippen LogP contribution in [0.3, 0.4) is 0 Å². The topological polar surface area (TPSA) is 87.3 Å². The monoisotopic (exact) mass is 365 g/mol. The van der Waals surface area contributed by atoms with Crippen molar-refractivity contribution in [1.29, 1.82) is 0 Å². The molecule has 0 aliphatic carbocycles. The molecule has 0 aliphatic heterocycles. The summed E-state index contributed by atoms with van der Waals surface area (Å²) >= 11 is 11.6. The third kappa shape index (κ3) is 4.97. The summed E-state index contributed by atoms with van der Waals surface area (Å²) in [5, 5.41) is 3.19. The summed E-state index contributed by atoms with van der Waals surface area (Å²) in [6.07, 6.45) is 0. The van der Waals surface area contributed by atoms with E-state index in [0.29, 0.717) is 10.6 Å². The number of carbonyl (C=O) groups excluding carboxylic acids is 3. The van der Waals surface area contributed by atoms with Gasteiger partial charge in [-0.2, -0.15) is 0 Å². The molecule has 0 spiro atoms. The van der Waals surface area contributed by atoms with Crippen molar-refractivity contribution in [3.8, 4) is 0 Å². The zero-order valence-electron chi connectivity index (χ0n) is 12.3. The van der Waals surface area contributed by atoms with Gasteiger partial charge in [-0.25, -0.2) is 0 Å². The first kappa shape index (κ1) is 17.8. The number of carbonyl (C=O) groups is 3. The maximum atomic E-state index is 11.9. The van der Waals surface area contributed by atoms with E-state index in [1.807, 2.05) is 0 Å². The van der Waals surface area contributed by atoms with Crippen LogP contribution in [0.15, 0.2) is 48.5 Å². The van der Waals surface area contributed by atoms with Crippen LogP contribution in [-0.4, -0.2) is 24.3 Å². The van der Waals surface area contributed by atoms with Crippen molar-refractivity contribution in [2.45, 2.75) is 0 Å².